The van der Waals surface area contributed by atoms with Crippen LogP contribution in [0.1, 0.15) is 29.7 Å². The van der Waals surface area contributed by atoms with E-state index in [1.165, 1.54) is 5.56 Å². The molecule has 0 aliphatic heterocycles. The first-order chi connectivity index (χ1) is 9.78. The van der Waals surface area contributed by atoms with Gasteiger partial charge >= 0.3 is 0 Å². The Bertz CT molecular complexity index is 736. The molecule has 3 rings (SSSR count). The van der Waals surface area contributed by atoms with E-state index in [0.717, 1.165) is 28.5 Å². The second kappa shape index (κ2) is 5.43. The van der Waals surface area contributed by atoms with Crippen LogP contribution in [0.25, 0.3) is 10.9 Å². The lowest BCUT2D eigenvalue weighted by Crippen LogP contribution is -2.00. The predicted octanol–water partition coefficient (Wildman–Crippen LogP) is 3.88. The summed E-state index contributed by atoms with van der Waals surface area (Å²) in [7, 11) is 0. The van der Waals surface area contributed by atoms with Gasteiger partial charge in [-0.25, -0.2) is 0 Å². The quantitative estimate of drug-likeness (QED) is 0.778. The highest BCUT2D eigenvalue weighted by molar-refractivity contribution is 5.79. The van der Waals surface area contributed by atoms with Crippen LogP contribution in [0.4, 0.5) is 0 Å². The van der Waals surface area contributed by atoms with Crippen LogP contribution in [-0.2, 0) is 6.42 Å². The number of pyridine rings is 1. The van der Waals surface area contributed by atoms with Crippen molar-refractivity contribution in [2.45, 2.75) is 19.4 Å². The van der Waals surface area contributed by atoms with Crippen LogP contribution >= 0.6 is 0 Å². The second-order valence-electron chi connectivity index (χ2n) is 4.96. The first-order valence-corrected chi connectivity index (χ1v) is 6.89. The molecule has 1 atom stereocenters. The predicted molar refractivity (Wildman–Crippen MR) is 81.6 cm³/mol. The van der Waals surface area contributed by atoms with Crippen molar-refractivity contribution in [3.8, 4) is 0 Å². The van der Waals surface area contributed by atoms with E-state index in [1.807, 2.05) is 42.5 Å². The molecule has 0 bridgehead atoms. The van der Waals surface area contributed by atoms with E-state index in [9.17, 15) is 5.11 Å². The molecule has 2 nitrogen and oxygen atoms in total. The standard InChI is InChI=1S/C18H17NO/c1-2-13-5-3-6-15(11-13)18(20)16-8-9-17-14(12-16)7-4-10-19-17/h3-12,18,20H,2H2,1H3. The van der Waals surface area contributed by atoms with Crippen molar-refractivity contribution in [1.82, 2.24) is 4.98 Å². The Balaban J connectivity index is 2.00. The minimum Gasteiger partial charge on any atom is -0.384 e. The number of hydrogen-bond donors (Lipinski definition) is 1. The molecule has 0 saturated carbocycles. The van der Waals surface area contributed by atoms with E-state index in [-0.39, 0.29) is 0 Å². The van der Waals surface area contributed by atoms with E-state index in [4.69, 9.17) is 0 Å². The maximum Gasteiger partial charge on any atom is 0.104 e. The molecule has 0 saturated heterocycles. The smallest absolute Gasteiger partial charge is 0.104 e. The van der Waals surface area contributed by atoms with Crippen molar-refractivity contribution >= 4 is 10.9 Å². The minimum atomic E-state index is -0.592. The third-order valence-corrected chi connectivity index (χ3v) is 3.62. The molecule has 0 amide bonds. The van der Waals surface area contributed by atoms with E-state index in [1.54, 1.807) is 6.20 Å². The Hall–Kier alpha value is -2.19. The Morgan fingerprint density at radius 3 is 2.70 bits per heavy atom. The van der Waals surface area contributed by atoms with Gasteiger partial charge in [-0.1, -0.05) is 43.3 Å². The molecular formula is C18H17NO. The Labute approximate surface area is 118 Å². The SMILES string of the molecule is CCc1cccc(C(O)c2ccc3ncccc3c2)c1. The monoisotopic (exact) mass is 263 g/mol. The molecule has 1 unspecified atom stereocenters. The zero-order chi connectivity index (χ0) is 13.9. The summed E-state index contributed by atoms with van der Waals surface area (Å²) < 4.78 is 0. The number of aromatic nitrogens is 1. The zero-order valence-electron chi connectivity index (χ0n) is 11.5. The Morgan fingerprint density at radius 1 is 1.00 bits per heavy atom. The van der Waals surface area contributed by atoms with E-state index >= 15 is 0 Å². The normalized spacial score (nSPS) is 12.5. The maximum absolute atomic E-state index is 10.6. The number of fused-ring (bicyclic) bond motifs is 1. The summed E-state index contributed by atoms with van der Waals surface area (Å²) in [6.45, 7) is 2.12. The van der Waals surface area contributed by atoms with Gasteiger partial charge in [-0.15, -0.1) is 0 Å². The number of hydrogen-bond acceptors (Lipinski definition) is 2. The minimum absolute atomic E-state index is 0.592. The van der Waals surface area contributed by atoms with Crippen LogP contribution in [0.2, 0.25) is 0 Å². The summed E-state index contributed by atoms with van der Waals surface area (Å²) in [6.07, 6.45) is 2.16. The van der Waals surface area contributed by atoms with Gasteiger partial charge < -0.3 is 5.11 Å². The number of rotatable bonds is 3. The Kier molecular flexibility index (Phi) is 3.48. The highest BCUT2D eigenvalue weighted by Gasteiger charge is 2.11. The molecular weight excluding hydrogens is 246 g/mol. The van der Waals surface area contributed by atoms with Crippen LogP contribution < -0.4 is 0 Å². The first kappa shape index (κ1) is 12.8. The van der Waals surface area contributed by atoms with Gasteiger partial charge in [0.05, 0.1) is 5.52 Å². The van der Waals surface area contributed by atoms with E-state index in [0.29, 0.717) is 0 Å². The summed E-state index contributed by atoms with van der Waals surface area (Å²) in [4.78, 5) is 4.30. The molecule has 1 heterocycles. The lowest BCUT2D eigenvalue weighted by molar-refractivity contribution is 0.220. The highest BCUT2D eigenvalue weighted by Crippen LogP contribution is 2.25. The summed E-state index contributed by atoms with van der Waals surface area (Å²) in [5, 5.41) is 11.6. The number of aliphatic hydroxyl groups excluding tert-OH is 1. The van der Waals surface area contributed by atoms with E-state index < -0.39 is 6.10 Å². The molecule has 20 heavy (non-hydrogen) atoms. The summed E-state index contributed by atoms with van der Waals surface area (Å²) in [5.41, 5.74) is 4.03. The molecule has 0 fully saturated rings. The molecule has 3 aromatic rings. The summed E-state index contributed by atoms with van der Waals surface area (Å²) >= 11 is 0. The first-order valence-electron chi connectivity index (χ1n) is 6.89. The van der Waals surface area contributed by atoms with Crippen molar-refractivity contribution in [1.29, 1.82) is 0 Å². The lowest BCUT2D eigenvalue weighted by Gasteiger charge is -2.13. The highest BCUT2D eigenvalue weighted by atomic mass is 16.3. The maximum atomic E-state index is 10.6. The van der Waals surface area contributed by atoms with Crippen LogP contribution in [0, 0.1) is 0 Å². The van der Waals surface area contributed by atoms with Gasteiger partial charge in [0.2, 0.25) is 0 Å². The van der Waals surface area contributed by atoms with Gasteiger partial charge in [0, 0.05) is 11.6 Å². The molecule has 2 aromatic carbocycles. The van der Waals surface area contributed by atoms with Crippen LogP contribution in [-0.4, -0.2) is 10.1 Å². The van der Waals surface area contributed by atoms with Crippen molar-refractivity contribution in [3.63, 3.8) is 0 Å². The van der Waals surface area contributed by atoms with Gasteiger partial charge in [-0.2, -0.15) is 0 Å². The molecule has 1 aromatic heterocycles. The average Bonchev–Trinajstić information content (AvgIpc) is 2.53. The molecule has 0 aliphatic carbocycles. The van der Waals surface area contributed by atoms with Gasteiger partial charge in [-0.3, -0.25) is 4.98 Å². The van der Waals surface area contributed by atoms with Crippen molar-refractivity contribution in [2.24, 2.45) is 0 Å². The van der Waals surface area contributed by atoms with E-state index in [2.05, 4.69) is 24.0 Å². The summed E-state index contributed by atoms with van der Waals surface area (Å²) in [5.74, 6) is 0. The number of benzene rings is 2. The van der Waals surface area contributed by atoms with Crippen molar-refractivity contribution in [2.75, 3.05) is 0 Å². The molecule has 0 radical (unpaired) electrons. The average molecular weight is 263 g/mol. The van der Waals surface area contributed by atoms with Crippen molar-refractivity contribution < 1.29 is 5.11 Å². The topological polar surface area (TPSA) is 33.1 Å². The van der Waals surface area contributed by atoms with Crippen LogP contribution in [0.5, 0.6) is 0 Å². The number of nitrogens with zero attached hydrogens (tertiary/aromatic N) is 1. The van der Waals surface area contributed by atoms with Crippen LogP contribution in [0.15, 0.2) is 60.8 Å². The van der Waals surface area contributed by atoms with Gasteiger partial charge in [0.15, 0.2) is 0 Å². The van der Waals surface area contributed by atoms with Gasteiger partial charge in [0.25, 0.3) is 0 Å². The molecule has 0 spiro atoms. The zero-order valence-corrected chi connectivity index (χ0v) is 11.5. The molecule has 100 valence electrons. The molecule has 0 aliphatic rings. The fourth-order valence-electron chi connectivity index (χ4n) is 2.44. The van der Waals surface area contributed by atoms with Crippen molar-refractivity contribution in [3.05, 3.63) is 77.5 Å². The second-order valence-corrected chi connectivity index (χ2v) is 4.96. The molecule has 2 heteroatoms. The third-order valence-electron chi connectivity index (χ3n) is 3.62. The fraction of sp³-hybridized carbons (Fsp3) is 0.167. The lowest BCUT2D eigenvalue weighted by atomic mass is 9.98. The van der Waals surface area contributed by atoms with Gasteiger partial charge in [0.1, 0.15) is 6.10 Å². The van der Waals surface area contributed by atoms with Gasteiger partial charge in [-0.05, 0) is 41.3 Å². The summed E-state index contributed by atoms with van der Waals surface area (Å²) in [6, 6.07) is 18.0. The molecule has 1 N–H and O–H groups in total. The van der Waals surface area contributed by atoms with Crippen LogP contribution in [0.3, 0.4) is 0 Å². The largest absolute Gasteiger partial charge is 0.384 e. The number of aliphatic hydroxyl groups is 1. The third kappa shape index (κ3) is 2.43. The number of aryl methyl sites for hydroxylation is 1. The fourth-order valence-corrected chi connectivity index (χ4v) is 2.44. The Morgan fingerprint density at radius 2 is 1.85 bits per heavy atom.